The van der Waals surface area contributed by atoms with Gasteiger partial charge in [0.15, 0.2) is 0 Å². The molecule has 0 spiro atoms. The lowest BCUT2D eigenvalue weighted by molar-refractivity contribution is 0.0650. The maximum atomic E-state index is 12.7. The van der Waals surface area contributed by atoms with E-state index >= 15 is 0 Å². The molecule has 0 atom stereocenters. The first-order valence-electron chi connectivity index (χ1n) is 8.39. The number of H-pyrrole nitrogens is 1. The molecule has 0 radical (unpaired) electrons. The number of pyridine rings is 1. The number of carbonyl (C=O) groups excluding carboxylic acids is 1. The van der Waals surface area contributed by atoms with Crippen LogP contribution in [0.2, 0.25) is 0 Å². The van der Waals surface area contributed by atoms with Crippen molar-refractivity contribution in [1.82, 2.24) is 14.8 Å². The van der Waals surface area contributed by atoms with E-state index in [2.05, 4.69) is 15.8 Å². The normalized spacial score (nSPS) is 18.8. The third kappa shape index (κ3) is 3.48. The lowest BCUT2D eigenvalue weighted by atomic mass is 10.1. The predicted molar refractivity (Wildman–Crippen MR) is 89.5 cm³/mol. The van der Waals surface area contributed by atoms with Crippen LogP contribution < -0.4 is 5.56 Å². The van der Waals surface area contributed by atoms with Gasteiger partial charge in [-0.05, 0) is 37.3 Å². The van der Waals surface area contributed by atoms with Crippen LogP contribution in [0.3, 0.4) is 0 Å². The summed E-state index contributed by atoms with van der Waals surface area (Å²) in [6, 6.07) is 1.83. The third-order valence-corrected chi connectivity index (χ3v) is 4.79. The molecule has 1 saturated heterocycles. The largest absolute Gasteiger partial charge is 0.336 e. The quantitative estimate of drug-likeness (QED) is 0.655. The van der Waals surface area contributed by atoms with Gasteiger partial charge in [-0.25, -0.2) is 0 Å². The highest BCUT2D eigenvalue weighted by molar-refractivity contribution is 5.94. The van der Waals surface area contributed by atoms with Crippen LogP contribution in [0, 0.1) is 12.3 Å². The molecule has 0 unspecified atom stereocenters. The number of terminal acetylenes is 1. The first-order chi connectivity index (χ1) is 11.2. The van der Waals surface area contributed by atoms with Crippen LogP contribution in [0.15, 0.2) is 10.9 Å². The number of rotatable bonds is 2. The Morgan fingerprint density at radius 1 is 1.17 bits per heavy atom. The smallest absolute Gasteiger partial charge is 0.261 e. The van der Waals surface area contributed by atoms with E-state index in [0.29, 0.717) is 19.6 Å². The van der Waals surface area contributed by atoms with Gasteiger partial charge < -0.3 is 9.88 Å². The number of nitrogens with one attached hydrogen (secondary N) is 1. The minimum absolute atomic E-state index is 0.154. The molecule has 1 fully saturated rings. The molecule has 2 heterocycles. The molecule has 5 heteroatoms. The Bertz CT molecular complexity index is 678. The molecule has 1 aliphatic carbocycles. The van der Waals surface area contributed by atoms with Crippen LogP contribution in [0.1, 0.15) is 40.9 Å². The standard InChI is InChI=1S/C18H23N3O2/c1-2-8-20-9-11-21(12-10-20)18(23)15-13-14-6-4-3-5-7-16(14)19-17(15)22/h1,13H,3-12H2,(H,19,22). The fraction of sp³-hybridized carbons (Fsp3) is 0.556. The summed E-state index contributed by atoms with van der Waals surface area (Å²) in [5.41, 5.74) is 2.19. The van der Waals surface area contributed by atoms with Crippen molar-refractivity contribution in [3.8, 4) is 12.3 Å². The van der Waals surface area contributed by atoms with Crippen molar-refractivity contribution in [2.75, 3.05) is 32.7 Å². The summed E-state index contributed by atoms with van der Waals surface area (Å²) in [6.07, 6.45) is 10.6. The SMILES string of the molecule is C#CCN1CCN(C(=O)c2cc3c([nH]c2=O)CCCCC3)CC1. The molecule has 2 aliphatic rings. The fourth-order valence-electron chi connectivity index (χ4n) is 3.42. The zero-order valence-corrected chi connectivity index (χ0v) is 13.4. The second kappa shape index (κ2) is 7.01. The van der Waals surface area contributed by atoms with Gasteiger partial charge in [0, 0.05) is 31.9 Å². The number of aryl methyl sites for hydroxylation is 2. The molecule has 1 N–H and O–H groups in total. The van der Waals surface area contributed by atoms with Crippen molar-refractivity contribution in [2.45, 2.75) is 32.1 Å². The Balaban J connectivity index is 1.77. The van der Waals surface area contributed by atoms with Crippen LogP contribution in [0.5, 0.6) is 0 Å². The van der Waals surface area contributed by atoms with Crippen LogP contribution in [-0.2, 0) is 12.8 Å². The third-order valence-electron chi connectivity index (χ3n) is 4.79. The topological polar surface area (TPSA) is 56.4 Å². The highest BCUT2D eigenvalue weighted by Crippen LogP contribution is 2.19. The van der Waals surface area contributed by atoms with E-state index in [9.17, 15) is 9.59 Å². The van der Waals surface area contributed by atoms with Gasteiger partial charge in [-0.1, -0.05) is 12.3 Å². The molecular formula is C18H23N3O2. The molecule has 3 rings (SSSR count). The van der Waals surface area contributed by atoms with Gasteiger partial charge in [-0.3, -0.25) is 14.5 Å². The van der Waals surface area contributed by atoms with Gasteiger partial charge in [0.1, 0.15) is 5.56 Å². The summed E-state index contributed by atoms with van der Waals surface area (Å²) in [4.78, 5) is 31.9. The lowest BCUT2D eigenvalue weighted by Gasteiger charge is -2.33. The Kier molecular flexibility index (Phi) is 4.82. The van der Waals surface area contributed by atoms with Gasteiger partial charge in [0.2, 0.25) is 0 Å². The molecule has 0 bridgehead atoms. The summed E-state index contributed by atoms with van der Waals surface area (Å²) >= 11 is 0. The molecule has 23 heavy (non-hydrogen) atoms. The van der Waals surface area contributed by atoms with E-state index < -0.39 is 0 Å². The first kappa shape index (κ1) is 15.8. The average Bonchev–Trinajstić information content (AvgIpc) is 2.79. The zero-order chi connectivity index (χ0) is 16.2. The van der Waals surface area contributed by atoms with Crippen molar-refractivity contribution < 1.29 is 4.79 Å². The number of amides is 1. The highest BCUT2D eigenvalue weighted by atomic mass is 16.2. The predicted octanol–water partition coefficient (Wildman–Crippen LogP) is 1.03. The number of carbonyl (C=O) groups is 1. The summed E-state index contributed by atoms with van der Waals surface area (Å²) in [7, 11) is 0. The number of hydrogen-bond donors (Lipinski definition) is 1. The maximum absolute atomic E-state index is 12.7. The summed E-state index contributed by atoms with van der Waals surface area (Å²) in [6.45, 7) is 3.38. The Labute approximate surface area is 136 Å². The molecule has 5 nitrogen and oxygen atoms in total. The number of aromatic nitrogens is 1. The van der Waals surface area contributed by atoms with Crippen molar-refractivity contribution in [2.24, 2.45) is 0 Å². The van der Waals surface area contributed by atoms with E-state index in [1.54, 1.807) is 4.90 Å². The van der Waals surface area contributed by atoms with Crippen molar-refractivity contribution >= 4 is 5.91 Å². The van der Waals surface area contributed by atoms with E-state index in [1.807, 2.05) is 6.07 Å². The van der Waals surface area contributed by atoms with Crippen LogP contribution >= 0.6 is 0 Å². The highest BCUT2D eigenvalue weighted by Gasteiger charge is 2.24. The van der Waals surface area contributed by atoms with Gasteiger partial charge in [-0.2, -0.15) is 0 Å². The molecule has 0 saturated carbocycles. The zero-order valence-electron chi connectivity index (χ0n) is 13.4. The van der Waals surface area contributed by atoms with E-state index in [1.165, 1.54) is 6.42 Å². The molecule has 0 aromatic carbocycles. The van der Waals surface area contributed by atoms with E-state index in [0.717, 1.165) is 50.0 Å². The second-order valence-corrected chi connectivity index (χ2v) is 6.35. The molecule has 1 amide bonds. The number of aromatic amines is 1. The number of piperazine rings is 1. The lowest BCUT2D eigenvalue weighted by Crippen LogP contribution is -2.49. The van der Waals surface area contributed by atoms with E-state index in [4.69, 9.17) is 6.42 Å². The van der Waals surface area contributed by atoms with Gasteiger partial charge in [0.25, 0.3) is 11.5 Å². The molecule has 1 aromatic rings. The minimum atomic E-state index is -0.248. The number of hydrogen-bond acceptors (Lipinski definition) is 3. The number of nitrogens with zero attached hydrogens (tertiary/aromatic N) is 2. The Morgan fingerprint density at radius 2 is 1.91 bits per heavy atom. The van der Waals surface area contributed by atoms with Gasteiger partial charge in [0.05, 0.1) is 6.54 Å². The second-order valence-electron chi connectivity index (χ2n) is 6.35. The summed E-state index contributed by atoms with van der Waals surface area (Å²) < 4.78 is 0. The van der Waals surface area contributed by atoms with Crippen molar-refractivity contribution in [1.29, 1.82) is 0 Å². The molecule has 1 aliphatic heterocycles. The van der Waals surface area contributed by atoms with Gasteiger partial charge in [-0.15, -0.1) is 6.42 Å². The van der Waals surface area contributed by atoms with Crippen LogP contribution in [-0.4, -0.2) is 53.4 Å². The first-order valence-corrected chi connectivity index (χ1v) is 8.39. The van der Waals surface area contributed by atoms with E-state index in [-0.39, 0.29) is 17.0 Å². The van der Waals surface area contributed by atoms with Crippen molar-refractivity contribution in [3.05, 3.63) is 33.2 Å². The fourth-order valence-corrected chi connectivity index (χ4v) is 3.42. The van der Waals surface area contributed by atoms with Gasteiger partial charge >= 0.3 is 0 Å². The summed E-state index contributed by atoms with van der Waals surface area (Å²) in [5.74, 6) is 2.48. The summed E-state index contributed by atoms with van der Waals surface area (Å²) in [5, 5.41) is 0. The van der Waals surface area contributed by atoms with Crippen LogP contribution in [0.4, 0.5) is 0 Å². The monoisotopic (exact) mass is 313 g/mol. The Morgan fingerprint density at radius 3 is 2.65 bits per heavy atom. The maximum Gasteiger partial charge on any atom is 0.261 e. The minimum Gasteiger partial charge on any atom is -0.336 e. The van der Waals surface area contributed by atoms with Crippen LogP contribution in [0.25, 0.3) is 0 Å². The molecular weight excluding hydrogens is 290 g/mol. The molecule has 122 valence electrons. The molecule has 1 aromatic heterocycles. The number of fused-ring (bicyclic) bond motifs is 1. The van der Waals surface area contributed by atoms with Crippen molar-refractivity contribution in [3.63, 3.8) is 0 Å². The Hall–Kier alpha value is -2.06. The average molecular weight is 313 g/mol.